The molecule has 2 aromatic carbocycles. The predicted molar refractivity (Wildman–Crippen MR) is 116 cm³/mol. The largest absolute Gasteiger partial charge is 0.497 e. The van der Waals surface area contributed by atoms with Gasteiger partial charge >= 0.3 is 6.01 Å². The van der Waals surface area contributed by atoms with Crippen LogP contribution < -0.4 is 10.1 Å². The first-order valence-corrected chi connectivity index (χ1v) is 11.5. The number of carbonyl (C=O) groups excluding carboxylic acids is 1. The Labute approximate surface area is 181 Å². The van der Waals surface area contributed by atoms with Gasteiger partial charge in [0, 0.05) is 6.42 Å². The molecule has 1 amide bonds. The molecule has 1 heterocycles. The van der Waals surface area contributed by atoms with Crippen LogP contribution in [0.15, 0.2) is 57.8 Å². The van der Waals surface area contributed by atoms with E-state index in [0.717, 1.165) is 5.56 Å². The van der Waals surface area contributed by atoms with Gasteiger partial charge in [0.25, 0.3) is 0 Å². The van der Waals surface area contributed by atoms with E-state index >= 15 is 0 Å². The van der Waals surface area contributed by atoms with Crippen LogP contribution in [0.25, 0.3) is 0 Å². The maximum atomic E-state index is 12.4. The van der Waals surface area contributed by atoms with Gasteiger partial charge in [-0.25, -0.2) is 8.42 Å². The Morgan fingerprint density at radius 3 is 2.35 bits per heavy atom. The summed E-state index contributed by atoms with van der Waals surface area (Å²) in [4.78, 5) is 12.3. The minimum atomic E-state index is -3.60. The lowest BCUT2D eigenvalue weighted by molar-refractivity contribution is -0.116. The van der Waals surface area contributed by atoms with Crippen molar-refractivity contribution in [3.63, 3.8) is 0 Å². The number of ether oxygens (including phenoxy) is 1. The van der Waals surface area contributed by atoms with Crippen LogP contribution in [0.1, 0.15) is 43.2 Å². The number of sulfone groups is 1. The molecule has 0 radical (unpaired) electrons. The molecule has 0 saturated heterocycles. The normalized spacial score (nSPS) is 11.5. The lowest BCUT2D eigenvalue weighted by Gasteiger charge is -2.06. The Morgan fingerprint density at radius 1 is 1.06 bits per heavy atom. The summed E-state index contributed by atoms with van der Waals surface area (Å²) in [5.74, 6) is 0.508. The first-order chi connectivity index (χ1) is 14.8. The van der Waals surface area contributed by atoms with Crippen molar-refractivity contribution in [2.24, 2.45) is 0 Å². The highest BCUT2D eigenvalue weighted by atomic mass is 32.2. The molecule has 0 aliphatic heterocycles. The van der Waals surface area contributed by atoms with Crippen molar-refractivity contribution in [1.29, 1.82) is 0 Å². The van der Waals surface area contributed by atoms with E-state index in [0.29, 0.717) is 24.0 Å². The standard InChI is InChI=1S/C22H25N3O5S/c1-15(2)17-6-4-16(5-7-17)14-21-24-25-22(30-21)23-20(26)12-13-31(27,28)19-10-8-18(29-3)9-11-19/h4-11,15H,12-14H2,1-3H3,(H,23,25,26). The van der Waals surface area contributed by atoms with E-state index in [1.54, 1.807) is 12.1 Å². The van der Waals surface area contributed by atoms with Crippen molar-refractivity contribution in [3.05, 3.63) is 65.5 Å². The van der Waals surface area contributed by atoms with E-state index in [2.05, 4.69) is 41.5 Å². The Morgan fingerprint density at radius 2 is 1.74 bits per heavy atom. The van der Waals surface area contributed by atoms with Crippen LogP contribution in [-0.2, 0) is 21.1 Å². The van der Waals surface area contributed by atoms with Gasteiger partial charge in [-0.15, -0.1) is 5.10 Å². The summed E-state index contributed by atoms with van der Waals surface area (Å²) in [7, 11) is -2.10. The van der Waals surface area contributed by atoms with Crippen molar-refractivity contribution in [1.82, 2.24) is 10.2 Å². The number of rotatable bonds is 9. The number of benzene rings is 2. The average Bonchev–Trinajstić information content (AvgIpc) is 3.19. The fraction of sp³-hybridized carbons (Fsp3) is 0.318. The van der Waals surface area contributed by atoms with E-state index < -0.39 is 15.7 Å². The summed E-state index contributed by atoms with van der Waals surface area (Å²) in [5, 5.41) is 10.2. The highest BCUT2D eigenvalue weighted by Crippen LogP contribution is 2.19. The number of amides is 1. The lowest BCUT2D eigenvalue weighted by atomic mass is 10.0. The van der Waals surface area contributed by atoms with Crippen LogP contribution in [0.2, 0.25) is 0 Å². The number of aromatic nitrogens is 2. The maximum absolute atomic E-state index is 12.4. The zero-order valence-corrected chi connectivity index (χ0v) is 18.5. The fourth-order valence-corrected chi connectivity index (χ4v) is 4.12. The highest BCUT2D eigenvalue weighted by Gasteiger charge is 2.18. The molecule has 0 atom stereocenters. The number of nitrogens with one attached hydrogen (secondary N) is 1. The second-order valence-corrected chi connectivity index (χ2v) is 9.48. The van der Waals surface area contributed by atoms with E-state index in [9.17, 15) is 13.2 Å². The van der Waals surface area contributed by atoms with Crippen molar-refractivity contribution in [2.45, 2.75) is 37.5 Å². The van der Waals surface area contributed by atoms with Crippen LogP contribution in [0.3, 0.4) is 0 Å². The van der Waals surface area contributed by atoms with Crippen LogP contribution in [-0.4, -0.2) is 37.4 Å². The quantitative estimate of drug-likeness (QED) is 0.538. The molecule has 3 aromatic rings. The first kappa shape index (κ1) is 22.5. The number of hydrogen-bond acceptors (Lipinski definition) is 7. The van der Waals surface area contributed by atoms with Crippen LogP contribution >= 0.6 is 0 Å². The number of hydrogen-bond donors (Lipinski definition) is 1. The molecule has 0 saturated carbocycles. The highest BCUT2D eigenvalue weighted by molar-refractivity contribution is 7.91. The number of nitrogens with zero attached hydrogens (tertiary/aromatic N) is 2. The smallest absolute Gasteiger partial charge is 0.322 e. The summed E-state index contributed by atoms with van der Waals surface area (Å²) in [6, 6.07) is 14.1. The van der Waals surface area contributed by atoms with Crippen molar-refractivity contribution < 1.29 is 22.4 Å². The summed E-state index contributed by atoms with van der Waals surface area (Å²) in [6.07, 6.45) is 0.204. The zero-order valence-electron chi connectivity index (χ0n) is 17.7. The number of methoxy groups -OCH3 is 1. The molecular weight excluding hydrogens is 418 g/mol. The molecule has 1 aromatic heterocycles. The van der Waals surface area contributed by atoms with Gasteiger partial charge in [0.1, 0.15) is 5.75 Å². The third-order valence-electron chi connectivity index (χ3n) is 4.73. The lowest BCUT2D eigenvalue weighted by Crippen LogP contribution is -2.17. The predicted octanol–water partition coefficient (Wildman–Crippen LogP) is 3.59. The molecule has 0 bridgehead atoms. The summed E-state index contributed by atoms with van der Waals surface area (Å²) < 4.78 is 35.3. The van der Waals surface area contributed by atoms with E-state index in [1.807, 2.05) is 12.1 Å². The van der Waals surface area contributed by atoms with Gasteiger partial charge in [-0.3, -0.25) is 10.1 Å². The molecule has 3 rings (SSSR count). The Balaban J connectivity index is 1.53. The van der Waals surface area contributed by atoms with Gasteiger partial charge in [0.05, 0.1) is 24.2 Å². The van der Waals surface area contributed by atoms with Crippen molar-refractivity contribution >= 4 is 21.8 Å². The van der Waals surface area contributed by atoms with Gasteiger partial charge in [0.15, 0.2) is 9.84 Å². The molecule has 0 fully saturated rings. The zero-order chi connectivity index (χ0) is 22.4. The monoisotopic (exact) mass is 443 g/mol. The van der Waals surface area contributed by atoms with Gasteiger partial charge in [-0.2, -0.15) is 0 Å². The van der Waals surface area contributed by atoms with Crippen molar-refractivity contribution in [3.8, 4) is 5.75 Å². The molecule has 0 spiro atoms. The van der Waals surface area contributed by atoms with Gasteiger partial charge in [-0.05, 0) is 41.3 Å². The molecule has 8 nitrogen and oxygen atoms in total. The summed E-state index contributed by atoms with van der Waals surface area (Å²) in [5.41, 5.74) is 2.25. The number of anilines is 1. The summed E-state index contributed by atoms with van der Waals surface area (Å²) in [6.45, 7) is 4.26. The molecule has 0 unspecified atom stereocenters. The van der Waals surface area contributed by atoms with Gasteiger partial charge in [-0.1, -0.05) is 43.2 Å². The molecule has 9 heteroatoms. The number of carbonyl (C=O) groups is 1. The average molecular weight is 444 g/mol. The van der Waals surface area contributed by atoms with Crippen molar-refractivity contribution in [2.75, 3.05) is 18.2 Å². The van der Waals surface area contributed by atoms with Crippen LogP contribution in [0.4, 0.5) is 6.01 Å². The molecular formula is C22H25N3O5S. The second kappa shape index (κ2) is 9.74. The maximum Gasteiger partial charge on any atom is 0.322 e. The Kier molecular flexibility index (Phi) is 7.06. The van der Waals surface area contributed by atoms with E-state index in [4.69, 9.17) is 9.15 Å². The third-order valence-corrected chi connectivity index (χ3v) is 6.46. The van der Waals surface area contributed by atoms with Gasteiger partial charge in [0.2, 0.25) is 11.8 Å². The van der Waals surface area contributed by atoms with E-state index in [-0.39, 0.29) is 23.1 Å². The summed E-state index contributed by atoms with van der Waals surface area (Å²) >= 11 is 0. The molecule has 1 N–H and O–H groups in total. The SMILES string of the molecule is COc1ccc(S(=O)(=O)CCC(=O)Nc2nnc(Cc3ccc(C(C)C)cc3)o2)cc1. The molecule has 31 heavy (non-hydrogen) atoms. The fourth-order valence-electron chi connectivity index (χ4n) is 2.88. The van der Waals surface area contributed by atoms with E-state index in [1.165, 1.54) is 24.8 Å². The Hall–Kier alpha value is -3.20. The molecule has 164 valence electrons. The minimum Gasteiger partial charge on any atom is -0.497 e. The van der Waals surface area contributed by atoms with Crippen LogP contribution in [0, 0.1) is 0 Å². The first-order valence-electron chi connectivity index (χ1n) is 9.84. The second-order valence-electron chi connectivity index (χ2n) is 7.37. The topological polar surface area (TPSA) is 111 Å². The molecule has 0 aliphatic rings. The third kappa shape index (κ3) is 6.14. The van der Waals surface area contributed by atoms with Gasteiger partial charge < -0.3 is 9.15 Å². The Bertz CT molecular complexity index is 1120. The van der Waals surface area contributed by atoms with Crippen LogP contribution in [0.5, 0.6) is 5.75 Å². The minimum absolute atomic E-state index is 0.0550. The molecule has 0 aliphatic carbocycles.